The fourth-order valence-electron chi connectivity index (χ4n) is 4.44. The molecular formula is C28H22FN7O. The number of aromatic nitrogens is 4. The first-order valence-corrected chi connectivity index (χ1v) is 11.4. The highest BCUT2D eigenvalue weighted by molar-refractivity contribution is 6.04. The largest absolute Gasteiger partial charge is 0.496 e. The second-order valence-electron chi connectivity index (χ2n) is 9.11. The Bertz CT molecular complexity index is 1830. The Kier molecular flexibility index (Phi) is 5.69. The van der Waals surface area contributed by atoms with Gasteiger partial charge in [0.2, 0.25) is 11.8 Å². The number of aryl methyl sites for hydroxylation is 1. The van der Waals surface area contributed by atoms with E-state index in [0.29, 0.717) is 33.8 Å². The molecule has 8 nitrogen and oxygen atoms in total. The first-order chi connectivity index (χ1) is 17.8. The summed E-state index contributed by atoms with van der Waals surface area (Å²) in [4.78, 5) is 13.2. The van der Waals surface area contributed by atoms with Crippen LogP contribution in [-0.4, -0.2) is 26.2 Å². The molecule has 182 valence electrons. The maximum atomic E-state index is 14.2. The van der Waals surface area contributed by atoms with Gasteiger partial charge in [-0.1, -0.05) is 6.07 Å². The van der Waals surface area contributed by atoms with Crippen molar-refractivity contribution >= 4 is 21.9 Å². The molecule has 5 rings (SSSR count). The highest BCUT2D eigenvalue weighted by Gasteiger charge is 2.22. The Balaban J connectivity index is 1.86. The lowest BCUT2D eigenvalue weighted by Gasteiger charge is -2.15. The van der Waals surface area contributed by atoms with Gasteiger partial charge in [-0.05, 0) is 61.9 Å². The van der Waals surface area contributed by atoms with Gasteiger partial charge in [0, 0.05) is 18.0 Å². The first-order valence-electron chi connectivity index (χ1n) is 11.4. The predicted molar refractivity (Wildman–Crippen MR) is 137 cm³/mol. The van der Waals surface area contributed by atoms with Crippen molar-refractivity contribution in [2.24, 2.45) is 12.0 Å². The Morgan fingerprint density at radius 1 is 1.03 bits per heavy atom. The van der Waals surface area contributed by atoms with Crippen molar-refractivity contribution in [2.45, 2.75) is 19.3 Å². The van der Waals surface area contributed by atoms with Crippen molar-refractivity contribution in [1.29, 1.82) is 10.5 Å². The van der Waals surface area contributed by atoms with Crippen molar-refractivity contribution in [1.82, 2.24) is 19.1 Å². The van der Waals surface area contributed by atoms with Gasteiger partial charge in [0.05, 0.1) is 58.9 Å². The summed E-state index contributed by atoms with van der Waals surface area (Å²) in [5.41, 5.74) is 4.49. The van der Waals surface area contributed by atoms with E-state index in [2.05, 4.69) is 21.0 Å². The fourth-order valence-corrected chi connectivity index (χ4v) is 4.44. The summed E-state index contributed by atoms with van der Waals surface area (Å²) < 4.78 is 23.3. The molecule has 9 heteroatoms. The van der Waals surface area contributed by atoms with Gasteiger partial charge in [-0.15, -0.1) is 4.99 Å². The number of imidazole rings is 1. The average Bonchev–Trinajstić information content (AvgIpc) is 3.20. The van der Waals surface area contributed by atoms with Gasteiger partial charge >= 0.3 is 0 Å². The number of halogens is 1. The summed E-state index contributed by atoms with van der Waals surface area (Å²) in [7, 11) is 3.35. The molecule has 0 aliphatic heterocycles. The third-order valence-corrected chi connectivity index (χ3v) is 6.45. The van der Waals surface area contributed by atoms with Crippen molar-refractivity contribution in [2.75, 3.05) is 7.11 Å². The van der Waals surface area contributed by atoms with Crippen LogP contribution in [0.2, 0.25) is 0 Å². The Morgan fingerprint density at radius 2 is 1.84 bits per heavy atom. The van der Waals surface area contributed by atoms with E-state index < -0.39 is 5.41 Å². The van der Waals surface area contributed by atoms with Gasteiger partial charge in [-0.25, -0.2) is 4.39 Å². The molecule has 0 saturated heterocycles. The van der Waals surface area contributed by atoms with Crippen LogP contribution in [0, 0.1) is 28.6 Å². The van der Waals surface area contributed by atoms with Crippen LogP contribution in [0.5, 0.6) is 5.75 Å². The van der Waals surface area contributed by atoms with E-state index in [1.165, 1.54) is 12.1 Å². The summed E-state index contributed by atoms with van der Waals surface area (Å²) in [6, 6.07) is 16.0. The molecule has 0 fully saturated rings. The van der Waals surface area contributed by atoms with Gasteiger partial charge in [-0.2, -0.15) is 10.5 Å². The van der Waals surface area contributed by atoms with E-state index in [1.54, 1.807) is 50.1 Å². The molecule has 0 amide bonds. The van der Waals surface area contributed by atoms with Gasteiger partial charge in [0.15, 0.2) is 0 Å². The van der Waals surface area contributed by atoms with Crippen LogP contribution >= 0.6 is 0 Å². The number of rotatable bonds is 4. The smallest absolute Gasteiger partial charge is 0.226 e. The molecule has 0 spiro atoms. The predicted octanol–water partition coefficient (Wildman–Crippen LogP) is 4.91. The van der Waals surface area contributed by atoms with Crippen LogP contribution in [0.15, 0.2) is 65.9 Å². The molecule has 3 heterocycles. The number of ether oxygens (including phenoxy) is 1. The standard InChI is InChI=1S/C28H22FN7O/c1-28(2,15-30)25-10-7-19(13-33-25)36-26-21-11-17(20-12-18(29)6-9-24(20)37-4)5-8-22(21)32-14-23(26)35(3)27(36)34-16-31/h5-14H,1-4H3. The van der Waals surface area contributed by atoms with E-state index in [4.69, 9.17) is 4.74 Å². The number of pyridine rings is 2. The van der Waals surface area contributed by atoms with Crippen molar-refractivity contribution in [3.05, 3.63) is 78.1 Å². The quantitative estimate of drug-likeness (QED) is 0.332. The van der Waals surface area contributed by atoms with Crippen LogP contribution in [-0.2, 0) is 12.5 Å². The molecule has 5 aromatic rings. The monoisotopic (exact) mass is 491 g/mol. The van der Waals surface area contributed by atoms with E-state index >= 15 is 0 Å². The maximum Gasteiger partial charge on any atom is 0.226 e. The Labute approximate surface area is 212 Å². The molecular weight excluding hydrogens is 469 g/mol. The lowest BCUT2D eigenvalue weighted by Crippen LogP contribution is -2.23. The molecule has 0 aliphatic rings. The van der Waals surface area contributed by atoms with Crippen molar-refractivity contribution in [3.63, 3.8) is 0 Å². The number of benzene rings is 2. The molecule has 0 saturated carbocycles. The highest BCUT2D eigenvalue weighted by Crippen LogP contribution is 2.34. The summed E-state index contributed by atoms with van der Waals surface area (Å²) in [6.45, 7) is 3.61. The number of nitriles is 2. The maximum absolute atomic E-state index is 14.2. The molecule has 0 atom stereocenters. The number of fused-ring (bicyclic) bond motifs is 3. The lowest BCUT2D eigenvalue weighted by atomic mass is 9.91. The fraction of sp³-hybridized carbons (Fsp3) is 0.179. The van der Waals surface area contributed by atoms with Gasteiger partial charge in [0.25, 0.3) is 0 Å². The number of nitrogens with zero attached hydrogens (tertiary/aromatic N) is 7. The summed E-state index contributed by atoms with van der Waals surface area (Å²) in [6.07, 6.45) is 5.28. The van der Waals surface area contributed by atoms with Crippen molar-refractivity contribution < 1.29 is 9.13 Å². The van der Waals surface area contributed by atoms with Crippen LogP contribution in [0.1, 0.15) is 19.5 Å². The molecule has 0 N–H and O–H groups in total. The number of hydrogen-bond donors (Lipinski definition) is 0. The zero-order chi connectivity index (χ0) is 26.3. The average molecular weight is 492 g/mol. The van der Waals surface area contributed by atoms with E-state index in [9.17, 15) is 14.9 Å². The van der Waals surface area contributed by atoms with Crippen molar-refractivity contribution in [3.8, 4) is 34.8 Å². The van der Waals surface area contributed by atoms with Gasteiger partial charge < -0.3 is 9.30 Å². The summed E-state index contributed by atoms with van der Waals surface area (Å²) in [5.74, 6) is 0.172. The van der Waals surface area contributed by atoms with Crippen LogP contribution < -0.4 is 10.4 Å². The van der Waals surface area contributed by atoms with Crippen LogP contribution in [0.25, 0.3) is 38.8 Å². The molecule has 37 heavy (non-hydrogen) atoms. The summed E-state index contributed by atoms with van der Waals surface area (Å²) in [5, 5.41) is 19.7. The zero-order valence-corrected chi connectivity index (χ0v) is 20.7. The highest BCUT2D eigenvalue weighted by atomic mass is 19.1. The second-order valence-corrected chi connectivity index (χ2v) is 9.11. The van der Waals surface area contributed by atoms with E-state index in [0.717, 1.165) is 22.0 Å². The van der Waals surface area contributed by atoms with Gasteiger partial charge in [-0.3, -0.25) is 14.5 Å². The third kappa shape index (κ3) is 3.87. The minimum Gasteiger partial charge on any atom is -0.496 e. The third-order valence-electron chi connectivity index (χ3n) is 6.45. The normalized spacial score (nSPS) is 12.0. The SMILES string of the molecule is COc1ccc(F)cc1-c1ccc2ncc3c(c2c1)n(-c1ccc(C(C)(C)C#N)nc1)c(=NC#N)n3C. The number of hydrogen-bond acceptors (Lipinski definition) is 6. The number of methoxy groups -OCH3 is 1. The molecule has 3 aromatic heterocycles. The second kappa shape index (κ2) is 8.89. The topological polar surface area (TPSA) is 105 Å². The molecule has 0 unspecified atom stereocenters. The van der Waals surface area contributed by atoms with E-state index in [1.807, 2.05) is 42.1 Å². The molecule has 0 bridgehead atoms. The first kappa shape index (κ1) is 23.7. The molecule has 0 radical (unpaired) electrons. The Morgan fingerprint density at radius 3 is 2.51 bits per heavy atom. The minimum atomic E-state index is -0.753. The van der Waals surface area contributed by atoms with E-state index in [-0.39, 0.29) is 5.82 Å². The van der Waals surface area contributed by atoms with Gasteiger partial charge in [0.1, 0.15) is 11.6 Å². The summed E-state index contributed by atoms with van der Waals surface area (Å²) >= 11 is 0. The van der Waals surface area contributed by atoms with Crippen LogP contribution in [0.4, 0.5) is 4.39 Å². The molecule has 2 aromatic carbocycles. The lowest BCUT2D eigenvalue weighted by molar-refractivity contribution is 0.415. The Hall–Kier alpha value is -5.02. The zero-order valence-electron chi connectivity index (χ0n) is 20.7. The van der Waals surface area contributed by atoms with Crippen LogP contribution in [0.3, 0.4) is 0 Å². The minimum absolute atomic E-state index is 0.372. The molecule has 0 aliphatic carbocycles.